The van der Waals surface area contributed by atoms with Crippen molar-refractivity contribution in [3.8, 4) is 0 Å². The monoisotopic (exact) mass is 353 g/mol. The number of fused-ring (bicyclic) bond motifs is 1. The van der Waals surface area contributed by atoms with Gasteiger partial charge in [0.05, 0.1) is 15.2 Å². The number of piperidine rings is 1. The fraction of sp³-hybridized carbons (Fsp3) is 0.316. The van der Waals surface area contributed by atoms with Crippen molar-refractivity contribution in [2.75, 3.05) is 13.1 Å². The summed E-state index contributed by atoms with van der Waals surface area (Å²) < 4.78 is 1.22. The average molecular weight is 353 g/mol. The highest BCUT2D eigenvalue weighted by molar-refractivity contribution is 7.18. The van der Waals surface area contributed by atoms with E-state index in [4.69, 9.17) is 4.98 Å². The first-order valence-electron chi connectivity index (χ1n) is 8.46. The molecule has 1 aliphatic rings. The van der Waals surface area contributed by atoms with Gasteiger partial charge in [-0.25, -0.2) is 4.98 Å². The zero-order valence-electron chi connectivity index (χ0n) is 14.0. The first-order valence-corrected chi connectivity index (χ1v) is 9.27. The summed E-state index contributed by atoms with van der Waals surface area (Å²) in [5.74, 6) is 0.345. The fourth-order valence-electron chi connectivity index (χ4n) is 3.29. The third kappa shape index (κ3) is 3.09. The third-order valence-electron chi connectivity index (χ3n) is 4.76. The molecule has 1 fully saturated rings. The number of thiazole rings is 1. The van der Waals surface area contributed by atoms with E-state index >= 15 is 0 Å². The van der Waals surface area contributed by atoms with Crippen LogP contribution in [0.5, 0.6) is 0 Å². The van der Waals surface area contributed by atoms with Gasteiger partial charge < -0.3 is 9.88 Å². The van der Waals surface area contributed by atoms with E-state index in [-0.39, 0.29) is 11.7 Å². The maximum Gasteiger partial charge on any atom is 0.270 e. The number of rotatable bonds is 3. The van der Waals surface area contributed by atoms with E-state index in [2.05, 4.69) is 11.1 Å². The number of aromatic nitrogens is 2. The van der Waals surface area contributed by atoms with Gasteiger partial charge in [0.1, 0.15) is 5.69 Å². The maximum atomic E-state index is 12.6. The molecular formula is C19H19N3O2S. The van der Waals surface area contributed by atoms with Gasteiger partial charge in [0.15, 0.2) is 5.78 Å². The maximum absolute atomic E-state index is 12.6. The summed E-state index contributed by atoms with van der Waals surface area (Å²) in [6.45, 7) is 2.93. The lowest BCUT2D eigenvalue weighted by molar-refractivity contribution is 0.0707. The van der Waals surface area contributed by atoms with Crippen molar-refractivity contribution in [2.45, 2.75) is 25.7 Å². The normalized spacial score (nSPS) is 15.6. The number of hydrogen-bond acceptors (Lipinski definition) is 4. The number of para-hydroxylation sites is 1. The van der Waals surface area contributed by atoms with E-state index in [9.17, 15) is 9.59 Å². The van der Waals surface area contributed by atoms with Crippen LogP contribution in [0.4, 0.5) is 0 Å². The number of nitrogens with zero attached hydrogens (tertiary/aromatic N) is 2. The molecule has 4 rings (SSSR count). The summed E-state index contributed by atoms with van der Waals surface area (Å²) in [5.41, 5.74) is 2.10. The van der Waals surface area contributed by atoms with E-state index < -0.39 is 0 Å². The van der Waals surface area contributed by atoms with Crippen molar-refractivity contribution >= 4 is 33.2 Å². The van der Waals surface area contributed by atoms with Crippen LogP contribution >= 0.6 is 11.3 Å². The molecule has 0 spiro atoms. The van der Waals surface area contributed by atoms with Crippen molar-refractivity contribution in [2.24, 2.45) is 0 Å². The highest BCUT2D eigenvalue weighted by Crippen LogP contribution is 2.34. The molecule has 1 aliphatic heterocycles. The van der Waals surface area contributed by atoms with Crippen molar-refractivity contribution in [1.82, 2.24) is 14.9 Å². The highest BCUT2D eigenvalue weighted by Gasteiger charge is 2.27. The Kier molecular flexibility index (Phi) is 4.13. The molecule has 5 nitrogen and oxygen atoms in total. The predicted molar refractivity (Wildman–Crippen MR) is 98.3 cm³/mol. The molecular weight excluding hydrogens is 334 g/mol. The average Bonchev–Trinajstić information content (AvgIpc) is 3.28. The minimum absolute atomic E-state index is 0.0322. The first kappa shape index (κ1) is 16.0. The number of carbonyl (C=O) groups is 2. The number of ketones is 1. The Morgan fingerprint density at radius 3 is 2.68 bits per heavy atom. The van der Waals surface area contributed by atoms with E-state index in [0.29, 0.717) is 30.3 Å². The number of Topliss-reactive ketones (excluding diaryl/α,β-unsaturated/α-hetero) is 1. The SMILES string of the molecule is CC(=O)c1c[nH]c(C(=O)N2CCC(c3nc4ccccc4s3)CC2)c1. The second kappa shape index (κ2) is 6.44. The van der Waals surface area contributed by atoms with Crippen molar-refractivity contribution < 1.29 is 9.59 Å². The molecule has 2 aromatic heterocycles. The Morgan fingerprint density at radius 2 is 2.00 bits per heavy atom. The molecule has 1 aromatic carbocycles. The molecule has 3 aromatic rings. The number of likely N-dealkylation sites (tertiary alicyclic amines) is 1. The lowest BCUT2D eigenvalue weighted by Gasteiger charge is -2.30. The van der Waals surface area contributed by atoms with Crippen molar-refractivity contribution in [1.29, 1.82) is 0 Å². The molecule has 1 saturated heterocycles. The topological polar surface area (TPSA) is 66.1 Å². The summed E-state index contributed by atoms with van der Waals surface area (Å²) >= 11 is 1.76. The lowest BCUT2D eigenvalue weighted by atomic mass is 9.97. The molecule has 0 aliphatic carbocycles. The molecule has 1 N–H and O–H groups in total. The van der Waals surface area contributed by atoms with Gasteiger partial charge >= 0.3 is 0 Å². The van der Waals surface area contributed by atoms with E-state index in [1.54, 1.807) is 23.6 Å². The van der Waals surface area contributed by atoms with Crippen molar-refractivity contribution in [3.63, 3.8) is 0 Å². The summed E-state index contributed by atoms with van der Waals surface area (Å²) in [5, 5.41) is 1.17. The third-order valence-corrected chi connectivity index (χ3v) is 5.96. The first-order chi connectivity index (χ1) is 12.1. The molecule has 128 valence electrons. The standard InChI is InChI=1S/C19H19N3O2S/c1-12(23)14-10-16(20-11-14)19(24)22-8-6-13(7-9-22)18-21-15-4-2-3-5-17(15)25-18/h2-5,10-11,13,20H,6-9H2,1H3. The van der Waals surface area contributed by atoms with Gasteiger partial charge in [-0.2, -0.15) is 0 Å². The Labute approximate surface area is 149 Å². The Hall–Kier alpha value is -2.47. The quantitative estimate of drug-likeness (QED) is 0.728. The number of carbonyl (C=O) groups excluding carboxylic acids is 2. The zero-order valence-corrected chi connectivity index (χ0v) is 14.8. The molecule has 3 heterocycles. The van der Waals surface area contributed by atoms with Crippen LogP contribution in [-0.2, 0) is 0 Å². The van der Waals surface area contributed by atoms with Gasteiger partial charge in [-0.1, -0.05) is 12.1 Å². The van der Waals surface area contributed by atoms with Gasteiger partial charge in [-0.15, -0.1) is 11.3 Å². The number of aromatic amines is 1. The smallest absolute Gasteiger partial charge is 0.270 e. The second-order valence-electron chi connectivity index (χ2n) is 6.44. The van der Waals surface area contributed by atoms with Crippen LogP contribution in [-0.4, -0.2) is 39.6 Å². The highest BCUT2D eigenvalue weighted by atomic mass is 32.1. The number of amides is 1. The molecule has 0 bridgehead atoms. The van der Waals surface area contributed by atoms with E-state index in [1.165, 1.54) is 16.6 Å². The molecule has 0 radical (unpaired) electrons. The van der Waals surface area contributed by atoms with Gasteiger partial charge in [-0.3, -0.25) is 9.59 Å². The summed E-state index contributed by atoms with van der Waals surface area (Å²) in [7, 11) is 0. The molecule has 1 amide bonds. The van der Waals surface area contributed by atoms with Crippen LogP contribution in [0.3, 0.4) is 0 Å². The Morgan fingerprint density at radius 1 is 1.24 bits per heavy atom. The molecule has 0 unspecified atom stereocenters. The van der Waals surface area contributed by atoms with Crippen molar-refractivity contribution in [3.05, 3.63) is 52.8 Å². The second-order valence-corrected chi connectivity index (χ2v) is 7.51. The van der Waals surface area contributed by atoms with Crippen LogP contribution in [0.2, 0.25) is 0 Å². The minimum atomic E-state index is -0.0372. The van der Waals surface area contributed by atoms with Crippen LogP contribution < -0.4 is 0 Å². The van der Waals surface area contributed by atoms with Crippen LogP contribution in [0.25, 0.3) is 10.2 Å². The number of H-pyrrole nitrogens is 1. The van der Waals surface area contributed by atoms with Crippen LogP contribution in [0.15, 0.2) is 36.5 Å². The fourth-order valence-corrected chi connectivity index (χ4v) is 4.42. The largest absolute Gasteiger partial charge is 0.356 e. The van der Waals surface area contributed by atoms with Gasteiger partial charge in [-0.05, 0) is 38.0 Å². The zero-order chi connectivity index (χ0) is 17.4. The number of hydrogen-bond donors (Lipinski definition) is 1. The van der Waals surface area contributed by atoms with Gasteiger partial charge in [0.2, 0.25) is 0 Å². The van der Waals surface area contributed by atoms with Crippen LogP contribution in [0.1, 0.15) is 51.5 Å². The predicted octanol–water partition coefficient (Wildman–Crippen LogP) is 3.85. The molecule has 0 atom stereocenters. The number of nitrogens with one attached hydrogen (secondary N) is 1. The van der Waals surface area contributed by atoms with E-state index in [1.807, 2.05) is 23.1 Å². The summed E-state index contributed by atoms with van der Waals surface area (Å²) in [6, 6.07) is 9.85. The lowest BCUT2D eigenvalue weighted by Crippen LogP contribution is -2.38. The Bertz CT molecular complexity index is 902. The summed E-state index contributed by atoms with van der Waals surface area (Å²) in [4.78, 5) is 33.5. The Balaban J connectivity index is 1.43. The van der Waals surface area contributed by atoms with Crippen LogP contribution in [0, 0.1) is 0 Å². The minimum Gasteiger partial charge on any atom is -0.356 e. The molecule has 6 heteroatoms. The molecule has 0 saturated carbocycles. The summed E-state index contributed by atoms with van der Waals surface area (Å²) in [6.07, 6.45) is 3.45. The molecule has 25 heavy (non-hydrogen) atoms. The van der Waals surface area contributed by atoms with E-state index in [0.717, 1.165) is 18.4 Å². The number of benzene rings is 1. The van der Waals surface area contributed by atoms with Gasteiger partial charge in [0, 0.05) is 30.8 Å². The van der Waals surface area contributed by atoms with Gasteiger partial charge in [0.25, 0.3) is 5.91 Å².